The number of hydrogen-bond donors (Lipinski definition) is 0. The maximum absolute atomic E-state index is 12.6. The van der Waals surface area contributed by atoms with E-state index < -0.39 is 10.0 Å². The third kappa shape index (κ3) is 3.25. The Labute approximate surface area is 130 Å². The van der Waals surface area contributed by atoms with Crippen LogP contribution in [-0.2, 0) is 14.8 Å². The Bertz CT molecular complexity index is 567. The van der Waals surface area contributed by atoms with Gasteiger partial charge in [-0.05, 0) is 18.2 Å². The van der Waals surface area contributed by atoms with E-state index in [-0.39, 0.29) is 28.4 Å². The van der Waals surface area contributed by atoms with Crippen LogP contribution in [0.5, 0.6) is 0 Å². The number of ether oxygens (including phenoxy) is 1. The molecule has 1 heterocycles. The van der Waals surface area contributed by atoms with Crippen molar-refractivity contribution in [1.29, 1.82) is 0 Å². The van der Waals surface area contributed by atoms with Crippen LogP contribution < -0.4 is 0 Å². The van der Waals surface area contributed by atoms with E-state index in [1.807, 2.05) is 0 Å². The maximum atomic E-state index is 12.6. The highest BCUT2D eigenvalue weighted by molar-refractivity contribution is 9.10. The average Bonchev–Trinajstić information content (AvgIpc) is 2.38. The molecule has 1 aliphatic heterocycles. The average molecular weight is 389 g/mol. The predicted molar refractivity (Wildman–Crippen MR) is 78.4 cm³/mol. The van der Waals surface area contributed by atoms with Crippen molar-refractivity contribution >= 4 is 49.2 Å². The lowest BCUT2D eigenvalue weighted by molar-refractivity contribution is 0.0404. The van der Waals surface area contributed by atoms with Crippen molar-refractivity contribution in [2.75, 3.05) is 25.6 Å². The number of halogens is 3. The fourth-order valence-electron chi connectivity index (χ4n) is 1.89. The summed E-state index contributed by atoms with van der Waals surface area (Å²) in [5.74, 6) is 0.188. The second-order valence-corrected chi connectivity index (χ2v) is 7.56. The van der Waals surface area contributed by atoms with Gasteiger partial charge in [0.1, 0.15) is 4.90 Å². The summed E-state index contributed by atoms with van der Waals surface area (Å²) < 4.78 is 32.5. The summed E-state index contributed by atoms with van der Waals surface area (Å²) in [7, 11) is -3.65. The molecule has 0 spiro atoms. The fourth-order valence-corrected chi connectivity index (χ4v) is 4.83. The molecule has 1 atom stereocenters. The quantitative estimate of drug-likeness (QED) is 0.748. The molecule has 1 aromatic rings. The number of alkyl halides is 1. The summed E-state index contributed by atoms with van der Waals surface area (Å²) in [5.41, 5.74) is 0. The molecular weight excluding hydrogens is 377 g/mol. The van der Waals surface area contributed by atoms with E-state index in [4.69, 9.17) is 27.9 Å². The summed E-state index contributed by atoms with van der Waals surface area (Å²) >= 11 is 15.1. The van der Waals surface area contributed by atoms with E-state index in [1.54, 1.807) is 12.1 Å². The molecule has 0 bridgehead atoms. The number of sulfonamides is 1. The van der Waals surface area contributed by atoms with E-state index >= 15 is 0 Å². The molecule has 106 valence electrons. The van der Waals surface area contributed by atoms with Crippen LogP contribution in [0.15, 0.2) is 27.6 Å². The van der Waals surface area contributed by atoms with Crippen molar-refractivity contribution in [2.24, 2.45) is 0 Å². The van der Waals surface area contributed by atoms with Gasteiger partial charge in [0, 0.05) is 16.9 Å². The predicted octanol–water partition coefficient (Wildman–Crippen LogP) is 2.73. The molecule has 0 aromatic heterocycles. The standard InChI is InChI=1S/C11H12BrCl2NO3S/c12-8-1-2-11(10(14)5-8)19(16,17)15-3-4-18-7-9(15)6-13/h1-2,5,9H,3-4,6-7H2. The van der Waals surface area contributed by atoms with Crippen LogP contribution in [0.25, 0.3) is 0 Å². The topological polar surface area (TPSA) is 46.6 Å². The SMILES string of the molecule is O=S(=O)(c1ccc(Br)cc1Cl)N1CCOCC1CCl. The Kier molecular flexibility index (Phi) is 5.14. The molecule has 1 aromatic carbocycles. The Hall–Kier alpha value is 0.150. The zero-order chi connectivity index (χ0) is 14.0. The minimum Gasteiger partial charge on any atom is -0.378 e. The first kappa shape index (κ1) is 15.5. The van der Waals surface area contributed by atoms with Gasteiger partial charge in [0.15, 0.2) is 0 Å². The first-order valence-electron chi connectivity index (χ1n) is 5.57. The maximum Gasteiger partial charge on any atom is 0.245 e. The summed E-state index contributed by atoms with van der Waals surface area (Å²) in [6.07, 6.45) is 0. The summed E-state index contributed by atoms with van der Waals surface area (Å²) in [4.78, 5) is 0.0920. The Morgan fingerprint density at radius 2 is 2.21 bits per heavy atom. The molecule has 0 N–H and O–H groups in total. The van der Waals surface area contributed by atoms with Gasteiger partial charge in [-0.25, -0.2) is 8.42 Å². The summed E-state index contributed by atoms with van der Waals surface area (Å²) in [5, 5.41) is 0.189. The van der Waals surface area contributed by atoms with Crippen molar-refractivity contribution in [3.63, 3.8) is 0 Å². The normalized spacial score (nSPS) is 21.5. The van der Waals surface area contributed by atoms with Crippen molar-refractivity contribution in [1.82, 2.24) is 4.31 Å². The second-order valence-electron chi connectivity index (χ2n) is 4.07. The molecule has 0 aliphatic carbocycles. The second kappa shape index (κ2) is 6.28. The molecular formula is C11H12BrCl2NO3S. The van der Waals surface area contributed by atoms with Crippen LogP contribution in [0.4, 0.5) is 0 Å². The van der Waals surface area contributed by atoms with Gasteiger partial charge in [0.25, 0.3) is 0 Å². The summed E-state index contributed by atoms with van der Waals surface area (Å²) in [6, 6.07) is 4.34. The molecule has 19 heavy (non-hydrogen) atoms. The molecule has 0 amide bonds. The van der Waals surface area contributed by atoms with Crippen LogP contribution in [0.1, 0.15) is 0 Å². The van der Waals surface area contributed by atoms with Crippen LogP contribution in [0.3, 0.4) is 0 Å². The fraction of sp³-hybridized carbons (Fsp3) is 0.455. The van der Waals surface area contributed by atoms with Crippen LogP contribution >= 0.6 is 39.1 Å². The van der Waals surface area contributed by atoms with Gasteiger partial charge in [0.2, 0.25) is 10.0 Å². The third-order valence-electron chi connectivity index (χ3n) is 2.83. The number of rotatable bonds is 3. The zero-order valence-corrected chi connectivity index (χ0v) is 13.8. The van der Waals surface area contributed by atoms with Crippen molar-refractivity contribution in [2.45, 2.75) is 10.9 Å². The van der Waals surface area contributed by atoms with E-state index in [1.165, 1.54) is 10.4 Å². The molecule has 1 aliphatic rings. The van der Waals surface area contributed by atoms with Crippen LogP contribution in [0.2, 0.25) is 5.02 Å². The number of nitrogens with zero attached hydrogens (tertiary/aromatic N) is 1. The first-order chi connectivity index (χ1) is 8.96. The van der Waals surface area contributed by atoms with E-state index in [0.717, 1.165) is 4.47 Å². The molecule has 4 nitrogen and oxygen atoms in total. The largest absolute Gasteiger partial charge is 0.378 e. The minimum atomic E-state index is -3.65. The highest BCUT2D eigenvalue weighted by Gasteiger charge is 2.34. The molecule has 1 unspecified atom stereocenters. The third-order valence-corrected chi connectivity index (χ3v) is 6.12. The molecule has 0 saturated carbocycles. The number of morpholine rings is 1. The van der Waals surface area contributed by atoms with Crippen molar-refractivity contribution < 1.29 is 13.2 Å². The molecule has 8 heteroatoms. The van der Waals surface area contributed by atoms with Gasteiger partial charge in [0.05, 0.1) is 24.3 Å². The Balaban J connectivity index is 2.40. The van der Waals surface area contributed by atoms with Gasteiger partial charge in [-0.3, -0.25) is 0 Å². The van der Waals surface area contributed by atoms with Crippen LogP contribution in [-0.4, -0.2) is 44.4 Å². The monoisotopic (exact) mass is 387 g/mol. The molecule has 1 saturated heterocycles. The van der Waals surface area contributed by atoms with E-state index in [2.05, 4.69) is 15.9 Å². The van der Waals surface area contributed by atoms with Gasteiger partial charge >= 0.3 is 0 Å². The van der Waals surface area contributed by atoms with E-state index in [0.29, 0.717) is 13.2 Å². The highest BCUT2D eigenvalue weighted by Crippen LogP contribution is 2.29. The molecule has 0 radical (unpaired) electrons. The van der Waals surface area contributed by atoms with Gasteiger partial charge in [-0.2, -0.15) is 4.31 Å². The first-order valence-corrected chi connectivity index (χ1v) is 8.72. The van der Waals surface area contributed by atoms with Gasteiger partial charge < -0.3 is 4.74 Å². The van der Waals surface area contributed by atoms with E-state index in [9.17, 15) is 8.42 Å². The molecule has 1 fully saturated rings. The van der Waals surface area contributed by atoms with Gasteiger partial charge in [-0.15, -0.1) is 11.6 Å². The van der Waals surface area contributed by atoms with Crippen LogP contribution in [0, 0.1) is 0 Å². The smallest absolute Gasteiger partial charge is 0.245 e. The molecule has 2 rings (SSSR count). The van der Waals surface area contributed by atoms with Gasteiger partial charge in [-0.1, -0.05) is 27.5 Å². The minimum absolute atomic E-state index is 0.0920. The highest BCUT2D eigenvalue weighted by atomic mass is 79.9. The lowest BCUT2D eigenvalue weighted by Crippen LogP contribution is -2.49. The zero-order valence-electron chi connectivity index (χ0n) is 9.85. The number of benzene rings is 1. The Morgan fingerprint density at radius 3 is 2.84 bits per heavy atom. The number of hydrogen-bond acceptors (Lipinski definition) is 3. The lowest BCUT2D eigenvalue weighted by Gasteiger charge is -2.33. The lowest BCUT2D eigenvalue weighted by atomic mass is 10.3. The van der Waals surface area contributed by atoms with Crippen molar-refractivity contribution in [3.05, 3.63) is 27.7 Å². The van der Waals surface area contributed by atoms with Crippen molar-refractivity contribution in [3.8, 4) is 0 Å². The summed E-state index contributed by atoms with van der Waals surface area (Å²) in [6.45, 7) is 0.948. The Morgan fingerprint density at radius 1 is 1.47 bits per heavy atom.